The predicted molar refractivity (Wildman–Crippen MR) is 226 cm³/mol. The van der Waals surface area contributed by atoms with Crippen LogP contribution >= 0.6 is 0 Å². The van der Waals surface area contributed by atoms with Crippen LogP contribution in [0.1, 0.15) is 117 Å². The van der Waals surface area contributed by atoms with Crippen molar-refractivity contribution in [1.82, 2.24) is 5.32 Å². The van der Waals surface area contributed by atoms with E-state index in [2.05, 4.69) is 24.4 Å². The molecule has 0 aromatic carbocycles. The molecule has 3 heterocycles. The van der Waals surface area contributed by atoms with E-state index in [4.69, 9.17) is 28.4 Å². The lowest BCUT2D eigenvalue weighted by molar-refractivity contribution is -0.379. The topological polar surface area (TPSA) is 307 Å². The molecule has 3 fully saturated rings. The monoisotopic (exact) mass is 910 g/mol. The lowest BCUT2D eigenvalue weighted by Gasteiger charge is -2.48. The number of nitrogens with one attached hydrogen (secondary N) is 1. The summed E-state index contributed by atoms with van der Waals surface area (Å²) in [6.45, 7) is 0.697. The zero-order valence-electron chi connectivity index (χ0n) is 37.0. The smallest absolute Gasteiger partial charge is 0.217 e. The molecule has 17 unspecified atom stereocenters. The van der Waals surface area contributed by atoms with Crippen molar-refractivity contribution < 1.29 is 89.4 Å². The second kappa shape index (κ2) is 30.5. The Morgan fingerprint density at radius 2 is 0.984 bits per heavy atom. The third-order valence-electron chi connectivity index (χ3n) is 11.8. The third kappa shape index (κ3) is 18.1. The Morgan fingerprint density at radius 3 is 1.49 bits per heavy atom. The first kappa shape index (κ1) is 55.6. The molecule has 19 nitrogen and oxygen atoms in total. The summed E-state index contributed by atoms with van der Waals surface area (Å²) in [6, 6.07) is -0.986. The van der Waals surface area contributed by atoms with Crippen molar-refractivity contribution in [2.75, 3.05) is 26.4 Å². The van der Waals surface area contributed by atoms with Gasteiger partial charge in [0.25, 0.3) is 0 Å². The maximum atomic E-state index is 12.0. The molecular weight excluding hydrogens is 830 g/mol. The number of hydrogen-bond donors (Lipinski definition) is 12. The normalized spacial score (nSPS) is 35.0. The van der Waals surface area contributed by atoms with E-state index < -0.39 is 130 Å². The van der Waals surface area contributed by atoms with Crippen molar-refractivity contribution in [1.29, 1.82) is 0 Å². The van der Waals surface area contributed by atoms with Crippen LogP contribution in [0.15, 0.2) is 24.3 Å². The molecule has 0 spiro atoms. The van der Waals surface area contributed by atoms with Crippen molar-refractivity contribution in [2.45, 2.75) is 221 Å². The van der Waals surface area contributed by atoms with E-state index in [1.54, 1.807) is 6.08 Å². The van der Waals surface area contributed by atoms with Crippen molar-refractivity contribution in [2.24, 2.45) is 0 Å². The van der Waals surface area contributed by atoms with Crippen molar-refractivity contribution >= 4 is 5.91 Å². The fourth-order valence-corrected chi connectivity index (χ4v) is 7.94. The number of carbonyl (C=O) groups excluding carboxylic acids is 1. The summed E-state index contributed by atoms with van der Waals surface area (Å²) >= 11 is 0. The van der Waals surface area contributed by atoms with E-state index >= 15 is 0 Å². The van der Waals surface area contributed by atoms with Gasteiger partial charge in [-0.15, -0.1) is 0 Å². The third-order valence-corrected chi connectivity index (χ3v) is 11.8. The number of ether oxygens (including phenoxy) is 6. The predicted octanol–water partition coefficient (Wildman–Crippen LogP) is -0.309. The molecule has 3 aliphatic heterocycles. The van der Waals surface area contributed by atoms with Crippen LogP contribution in [-0.2, 0) is 33.2 Å². The van der Waals surface area contributed by atoms with Gasteiger partial charge in [0, 0.05) is 6.92 Å². The van der Waals surface area contributed by atoms with Gasteiger partial charge in [0.15, 0.2) is 18.9 Å². The number of aliphatic hydroxyl groups is 11. The fourth-order valence-electron chi connectivity index (χ4n) is 7.94. The number of carbonyl (C=O) groups is 1. The Kier molecular flexibility index (Phi) is 26.9. The summed E-state index contributed by atoms with van der Waals surface area (Å²) in [4.78, 5) is 12.0. The summed E-state index contributed by atoms with van der Waals surface area (Å²) in [5.74, 6) is -0.464. The number of hydrogen-bond acceptors (Lipinski definition) is 18. The van der Waals surface area contributed by atoms with Gasteiger partial charge < -0.3 is 89.9 Å². The number of allylic oxidation sites excluding steroid dienone is 3. The largest absolute Gasteiger partial charge is 0.394 e. The molecule has 12 N–H and O–H groups in total. The second-order valence-electron chi connectivity index (χ2n) is 17.0. The zero-order valence-corrected chi connectivity index (χ0v) is 37.0. The van der Waals surface area contributed by atoms with Gasteiger partial charge in [-0.1, -0.05) is 108 Å². The van der Waals surface area contributed by atoms with Crippen LogP contribution in [0.3, 0.4) is 0 Å². The maximum absolute atomic E-state index is 12.0. The molecule has 0 aromatic heterocycles. The molecule has 368 valence electrons. The van der Waals surface area contributed by atoms with Crippen LogP contribution in [0.25, 0.3) is 0 Å². The van der Waals surface area contributed by atoms with Gasteiger partial charge in [-0.25, -0.2) is 0 Å². The Hall–Kier alpha value is -1.73. The summed E-state index contributed by atoms with van der Waals surface area (Å²) in [7, 11) is 0. The molecule has 17 atom stereocenters. The van der Waals surface area contributed by atoms with Crippen LogP contribution < -0.4 is 5.32 Å². The molecular formula is C44H79NO18. The van der Waals surface area contributed by atoms with E-state index in [1.807, 2.05) is 0 Å². The average Bonchev–Trinajstić information content (AvgIpc) is 3.27. The summed E-state index contributed by atoms with van der Waals surface area (Å²) in [5, 5.41) is 118. The minimum absolute atomic E-state index is 0.382. The molecule has 0 bridgehead atoms. The van der Waals surface area contributed by atoms with Gasteiger partial charge in [-0.2, -0.15) is 0 Å². The van der Waals surface area contributed by atoms with E-state index in [0.29, 0.717) is 6.42 Å². The first-order chi connectivity index (χ1) is 30.3. The molecule has 0 aromatic rings. The molecule has 0 aliphatic carbocycles. The molecule has 19 heteroatoms. The van der Waals surface area contributed by atoms with Crippen molar-refractivity contribution in [3.05, 3.63) is 24.3 Å². The highest BCUT2D eigenvalue weighted by Crippen LogP contribution is 2.33. The molecule has 3 rings (SSSR count). The van der Waals surface area contributed by atoms with E-state index in [1.165, 1.54) is 90.0 Å². The summed E-state index contributed by atoms with van der Waals surface area (Å²) in [6.07, 6.45) is 0.360. The number of unbranched alkanes of at least 4 members (excludes halogenated alkanes) is 14. The van der Waals surface area contributed by atoms with Gasteiger partial charge in [-0.3, -0.25) is 4.79 Å². The molecule has 0 saturated carbocycles. The van der Waals surface area contributed by atoms with Gasteiger partial charge in [0.1, 0.15) is 73.2 Å². The van der Waals surface area contributed by atoms with Crippen LogP contribution in [-0.4, -0.2) is 193 Å². The highest BCUT2D eigenvalue weighted by Gasteiger charge is 2.53. The van der Waals surface area contributed by atoms with Gasteiger partial charge >= 0.3 is 0 Å². The lowest BCUT2D eigenvalue weighted by atomic mass is 9.96. The fraction of sp³-hybridized carbons (Fsp3) is 0.886. The zero-order chi connectivity index (χ0) is 46.3. The minimum Gasteiger partial charge on any atom is -0.394 e. The van der Waals surface area contributed by atoms with Gasteiger partial charge in [0.05, 0.1) is 38.6 Å². The number of rotatable bonds is 30. The average molecular weight is 910 g/mol. The molecule has 3 aliphatic rings. The first-order valence-corrected chi connectivity index (χ1v) is 23.0. The van der Waals surface area contributed by atoms with Crippen LogP contribution in [0.4, 0.5) is 0 Å². The molecule has 1 amide bonds. The van der Waals surface area contributed by atoms with E-state index in [0.717, 1.165) is 19.3 Å². The Labute approximate surface area is 371 Å². The Bertz CT molecular complexity index is 1280. The highest BCUT2D eigenvalue weighted by atomic mass is 16.8. The van der Waals surface area contributed by atoms with Crippen molar-refractivity contribution in [3.8, 4) is 0 Å². The minimum atomic E-state index is -1.97. The van der Waals surface area contributed by atoms with Gasteiger partial charge in [-0.05, 0) is 25.7 Å². The lowest BCUT2D eigenvalue weighted by Crippen LogP contribution is -2.66. The molecule has 0 radical (unpaired) electrons. The maximum Gasteiger partial charge on any atom is 0.217 e. The van der Waals surface area contributed by atoms with Crippen LogP contribution in [0.5, 0.6) is 0 Å². The van der Waals surface area contributed by atoms with E-state index in [9.17, 15) is 61.0 Å². The number of aliphatic hydroxyl groups excluding tert-OH is 11. The second-order valence-corrected chi connectivity index (χ2v) is 17.0. The Balaban J connectivity index is 1.42. The van der Waals surface area contributed by atoms with Crippen LogP contribution in [0.2, 0.25) is 0 Å². The summed E-state index contributed by atoms with van der Waals surface area (Å²) in [5.41, 5.74) is 0. The number of amides is 1. The van der Waals surface area contributed by atoms with E-state index in [-0.39, 0.29) is 6.61 Å². The Morgan fingerprint density at radius 1 is 0.556 bits per heavy atom. The molecule has 3 saturated heterocycles. The van der Waals surface area contributed by atoms with Crippen molar-refractivity contribution in [3.63, 3.8) is 0 Å². The van der Waals surface area contributed by atoms with Gasteiger partial charge in [0.2, 0.25) is 5.91 Å². The first-order valence-electron chi connectivity index (χ1n) is 23.0. The summed E-state index contributed by atoms with van der Waals surface area (Å²) < 4.78 is 33.5. The highest BCUT2D eigenvalue weighted by molar-refractivity contribution is 5.73. The standard InChI is InChI=1S/C44H79NO18/c1-3-4-5-6-7-8-9-10-11-12-13-14-15-16-17-18-19-20-21-22-29(50)28(45-27(2)49)26-58-42-38(56)35(53)40(31(24-47)60-42)63-44-39(57)36(54)41(32(25-48)61-44)62-43-37(55)34(52)33(51)30(23-46)59-43/h17-18,21-22,28-44,46-48,50-57H,3-16,19-20,23-26H2,1-2H3,(H,45,49)/b18-17+,22-21+. The molecule has 63 heavy (non-hydrogen) atoms. The van der Waals surface area contributed by atoms with Crippen LogP contribution in [0, 0.1) is 0 Å². The quantitative estimate of drug-likeness (QED) is 0.0325. The SMILES string of the molecule is CCCCCCCCCCCCCCC/C=C/CC/C=C/C(O)C(COC1OC(CO)C(OC2OC(CO)C(OC3OC(CO)C(O)C(O)C3O)C(O)C2O)C(O)C1O)NC(C)=O.